The summed E-state index contributed by atoms with van der Waals surface area (Å²) in [6.07, 6.45) is -2.59. The predicted molar refractivity (Wildman–Crippen MR) is 142 cm³/mol. The predicted octanol–water partition coefficient (Wildman–Crippen LogP) is 3.96. The third kappa shape index (κ3) is 7.55. The number of nitrogens with zero attached hydrogens (tertiary/aromatic N) is 2. The molecule has 0 saturated heterocycles. The molecule has 1 aromatic heterocycles. The number of nitrogens with two attached hydrogens (primary N) is 1. The van der Waals surface area contributed by atoms with Crippen molar-refractivity contribution >= 4 is 44.1 Å². The molecule has 212 valence electrons. The van der Waals surface area contributed by atoms with Gasteiger partial charge in [0.1, 0.15) is 4.90 Å². The maximum absolute atomic E-state index is 13.2. The summed E-state index contributed by atoms with van der Waals surface area (Å²) in [4.78, 5) is 22.0. The van der Waals surface area contributed by atoms with Gasteiger partial charge in [-0.25, -0.2) is 9.59 Å². The zero-order valence-corrected chi connectivity index (χ0v) is 22.6. The highest BCUT2D eigenvalue weighted by Gasteiger charge is 2.38. The number of alkyl halides is 3. The summed E-state index contributed by atoms with van der Waals surface area (Å²) in [6, 6.07) is 20.0. The van der Waals surface area contributed by atoms with E-state index in [2.05, 4.69) is 4.40 Å². The Morgan fingerprint density at radius 2 is 1.68 bits per heavy atom. The molecule has 0 bridgehead atoms. The number of carboxylic acids is 1. The summed E-state index contributed by atoms with van der Waals surface area (Å²) in [5, 5.41) is 9.31. The number of hydrogen-bond donors (Lipinski definition) is 2. The van der Waals surface area contributed by atoms with E-state index in [1.807, 2.05) is 53.2 Å². The molecule has 0 radical (unpaired) electrons. The number of carboxylic acid groups (broad SMARTS) is 1. The van der Waals surface area contributed by atoms with Gasteiger partial charge in [0.05, 0.1) is 19.2 Å². The molecule has 0 atom stereocenters. The summed E-state index contributed by atoms with van der Waals surface area (Å²) >= 11 is 1.27. The fraction of sp³-hybridized carbons (Fsp3) is 0.192. The van der Waals surface area contributed by atoms with Gasteiger partial charge in [0.25, 0.3) is 10.0 Å². The number of methoxy groups -OCH3 is 1. The highest BCUT2D eigenvalue weighted by atomic mass is 32.2. The number of esters is 1. The zero-order chi connectivity index (χ0) is 29.5. The number of hydrogen-bond acceptors (Lipinski definition) is 7. The van der Waals surface area contributed by atoms with Crippen LogP contribution in [0, 0.1) is 0 Å². The Labute approximate surface area is 231 Å². The molecule has 0 amide bonds. The molecule has 9 nitrogen and oxygen atoms in total. The Bertz CT molecular complexity index is 1690. The van der Waals surface area contributed by atoms with Crippen molar-refractivity contribution in [3.63, 3.8) is 0 Å². The van der Waals surface area contributed by atoms with E-state index in [4.69, 9.17) is 20.4 Å². The van der Waals surface area contributed by atoms with Crippen molar-refractivity contribution in [3.05, 3.63) is 93.7 Å². The number of carbonyl (C=O) groups excluding carboxylic acids is 1. The number of ether oxygens (including phenoxy) is 1. The van der Waals surface area contributed by atoms with Crippen LogP contribution in [0.2, 0.25) is 0 Å². The number of fused-ring (bicyclic) bond motifs is 1. The molecular weight excluding hydrogens is 571 g/mol. The second-order valence-corrected chi connectivity index (χ2v) is 10.8. The van der Waals surface area contributed by atoms with Crippen molar-refractivity contribution in [3.8, 4) is 0 Å². The second-order valence-electron chi connectivity index (χ2n) is 8.14. The van der Waals surface area contributed by atoms with E-state index in [9.17, 15) is 26.4 Å². The minimum atomic E-state index is -5.08. The van der Waals surface area contributed by atoms with E-state index < -0.39 is 28.1 Å². The standard InChI is InChI=1S/C24H23N3O4S2.C2HF3O2/c1-31-23(28)21-11-4-5-12-22(21)33(29,30)26-24-27(16-19(32-24)13-14-25)15-18-9-6-8-17-7-2-3-10-20(17)18;3-2(4,5)1(6)7/h2-12,16H,13-15,25H2,1H3;(H,6,7). The number of carbonyl (C=O) groups is 2. The third-order valence-electron chi connectivity index (χ3n) is 5.39. The summed E-state index contributed by atoms with van der Waals surface area (Å²) in [5.74, 6) is -3.49. The number of halogens is 3. The van der Waals surface area contributed by atoms with Crippen molar-refractivity contribution in [1.29, 1.82) is 0 Å². The molecule has 1 heterocycles. The molecule has 0 spiro atoms. The fourth-order valence-corrected chi connectivity index (χ4v) is 6.01. The molecule has 0 aliphatic heterocycles. The smallest absolute Gasteiger partial charge is 0.475 e. The number of sulfonamides is 1. The van der Waals surface area contributed by atoms with E-state index in [1.54, 1.807) is 12.1 Å². The average Bonchev–Trinajstić information content (AvgIpc) is 3.28. The van der Waals surface area contributed by atoms with Gasteiger partial charge in [0.15, 0.2) is 0 Å². The molecule has 0 aliphatic rings. The van der Waals surface area contributed by atoms with Crippen molar-refractivity contribution in [2.45, 2.75) is 24.0 Å². The molecule has 40 heavy (non-hydrogen) atoms. The van der Waals surface area contributed by atoms with Gasteiger partial charge in [-0.1, -0.05) is 54.6 Å². The van der Waals surface area contributed by atoms with Gasteiger partial charge in [-0.3, -0.25) is 0 Å². The van der Waals surface area contributed by atoms with Crippen LogP contribution in [-0.2, 0) is 32.5 Å². The van der Waals surface area contributed by atoms with Gasteiger partial charge < -0.3 is 20.1 Å². The van der Waals surface area contributed by atoms with Gasteiger partial charge in [0.2, 0.25) is 4.80 Å². The van der Waals surface area contributed by atoms with Crippen LogP contribution < -0.4 is 10.5 Å². The van der Waals surface area contributed by atoms with Gasteiger partial charge in [-0.2, -0.15) is 21.6 Å². The molecule has 4 rings (SSSR count). The van der Waals surface area contributed by atoms with Gasteiger partial charge in [0, 0.05) is 11.1 Å². The van der Waals surface area contributed by atoms with Crippen molar-refractivity contribution in [2.24, 2.45) is 10.1 Å². The zero-order valence-electron chi connectivity index (χ0n) is 21.0. The van der Waals surface area contributed by atoms with Crippen LogP contribution in [0.1, 0.15) is 20.8 Å². The lowest BCUT2D eigenvalue weighted by Crippen LogP contribution is -2.21. The number of benzene rings is 3. The molecule has 0 fully saturated rings. The molecule has 3 aromatic carbocycles. The Morgan fingerprint density at radius 1 is 1.05 bits per heavy atom. The van der Waals surface area contributed by atoms with E-state index in [-0.39, 0.29) is 10.5 Å². The minimum Gasteiger partial charge on any atom is -0.475 e. The first kappa shape index (κ1) is 30.5. The van der Waals surface area contributed by atoms with Crippen LogP contribution in [0.3, 0.4) is 0 Å². The Morgan fingerprint density at radius 3 is 2.33 bits per heavy atom. The van der Waals surface area contributed by atoms with Crippen LogP contribution in [0.5, 0.6) is 0 Å². The Balaban J connectivity index is 0.000000559. The fourth-order valence-electron chi connectivity index (χ4n) is 3.61. The quantitative estimate of drug-likeness (QED) is 0.308. The molecule has 14 heteroatoms. The largest absolute Gasteiger partial charge is 0.490 e. The number of rotatable bonds is 7. The molecular formula is C26H24F3N3O6S2. The second kappa shape index (κ2) is 12.9. The van der Waals surface area contributed by atoms with E-state index in [0.717, 1.165) is 21.2 Å². The van der Waals surface area contributed by atoms with Crippen molar-refractivity contribution < 1.29 is 41.0 Å². The number of aliphatic carboxylic acids is 1. The van der Waals surface area contributed by atoms with E-state index in [1.165, 1.54) is 30.6 Å². The summed E-state index contributed by atoms with van der Waals surface area (Å²) < 4.78 is 68.9. The van der Waals surface area contributed by atoms with Crippen LogP contribution in [-0.4, -0.2) is 49.9 Å². The van der Waals surface area contributed by atoms with Crippen LogP contribution in [0.15, 0.2) is 82.2 Å². The lowest BCUT2D eigenvalue weighted by molar-refractivity contribution is -0.192. The highest BCUT2D eigenvalue weighted by Crippen LogP contribution is 2.21. The van der Waals surface area contributed by atoms with Gasteiger partial charge >= 0.3 is 18.1 Å². The van der Waals surface area contributed by atoms with Gasteiger partial charge in [-0.15, -0.1) is 15.7 Å². The summed E-state index contributed by atoms with van der Waals surface area (Å²) in [5.41, 5.74) is 6.72. The van der Waals surface area contributed by atoms with Gasteiger partial charge in [-0.05, 0) is 41.4 Å². The maximum Gasteiger partial charge on any atom is 0.490 e. The Kier molecular flexibility index (Phi) is 9.84. The lowest BCUT2D eigenvalue weighted by Gasteiger charge is -2.08. The number of aromatic nitrogens is 1. The molecule has 0 unspecified atom stereocenters. The SMILES string of the molecule is COC(=O)c1ccccc1S(=O)(=O)N=c1sc(CCN)cn1Cc1cccc2ccccc12.O=C(O)C(F)(F)F. The van der Waals surface area contributed by atoms with E-state index in [0.29, 0.717) is 24.3 Å². The Hall–Kier alpha value is -4.01. The minimum absolute atomic E-state index is 0.0527. The number of thiazole rings is 1. The maximum atomic E-state index is 13.2. The molecule has 0 saturated carbocycles. The van der Waals surface area contributed by atoms with Crippen molar-refractivity contribution in [1.82, 2.24) is 4.57 Å². The summed E-state index contributed by atoms with van der Waals surface area (Å²) in [7, 11) is -2.97. The first-order valence-corrected chi connectivity index (χ1v) is 13.8. The molecule has 4 aromatic rings. The molecule has 0 aliphatic carbocycles. The highest BCUT2D eigenvalue weighted by molar-refractivity contribution is 7.90. The monoisotopic (exact) mass is 595 g/mol. The first-order valence-electron chi connectivity index (χ1n) is 11.5. The topological polar surface area (TPSA) is 141 Å². The van der Waals surface area contributed by atoms with Crippen LogP contribution >= 0.6 is 11.3 Å². The summed E-state index contributed by atoms with van der Waals surface area (Å²) in [6.45, 7) is 0.877. The normalized spacial score (nSPS) is 12.1. The average molecular weight is 596 g/mol. The lowest BCUT2D eigenvalue weighted by atomic mass is 10.0. The van der Waals surface area contributed by atoms with Crippen molar-refractivity contribution in [2.75, 3.05) is 13.7 Å². The van der Waals surface area contributed by atoms with E-state index >= 15 is 0 Å². The molecule has 3 N–H and O–H groups in total. The first-order chi connectivity index (χ1) is 18.9. The van der Waals surface area contributed by atoms with Crippen LogP contribution in [0.4, 0.5) is 13.2 Å². The van der Waals surface area contributed by atoms with Crippen LogP contribution in [0.25, 0.3) is 10.8 Å². The third-order valence-corrected chi connectivity index (χ3v) is 7.91.